The summed E-state index contributed by atoms with van der Waals surface area (Å²) < 4.78 is 1.65. The molecule has 0 aliphatic rings. The number of thioether (sulfide) groups is 1. The number of hydrogen-bond donors (Lipinski definition) is 1. The second-order valence-electron chi connectivity index (χ2n) is 8.00. The Labute approximate surface area is 206 Å². The van der Waals surface area contributed by atoms with E-state index in [0.29, 0.717) is 40.4 Å². The van der Waals surface area contributed by atoms with Gasteiger partial charge in [-0.15, -0.1) is 11.3 Å². The molecular formula is C26H25N3O3S2. The molecule has 8 heteroatoms. The Morgan fingerprint density at radius 2 is 1.82 bits per heavy atom. The number of benzene rings is 2. The van der Waals surface area contributed by atoms with E-state index in [2.05, 4.69) is 5.32 Å². The molecule has 0 fully saturated rings. The summed E-state index contributed by atoms with van der Waals surface area (Å²) in [5.41, 5.74) is 2.66. The van der Waals surface area contributed by atoms with Crippen molar-refractivity contribution in [2.24, 2.45) is 0 Å². The number of ketones is 1. The number of hydrogen-bond acceptors (Lipinski definition) is 6. The van der Waals surface area contributed by atoms with Crippen LogP contribution in [-0.4, -0.2) is 33.5 Å². The SMILES string of the molecule is CC(=O)NCCc1ccc(C(=O)CSc2nc3ccccc3c(=O)n2Cc2ccc(C)cc2)s1. The van der Waals surface area contributed by atoms with Gasteiger partial charge in [0.1, 0.15) is 0 Å². The summed E-state index contributed by atoms with van der Waals surface area (Å²) in [5, 5.41) is 3.86. The van der Waals surface area contributed by atoms with Crippen molar-refractivity contribution in [1.82, 2.24) is 14.9 Å². The smallest absolute Gasteiger partial charge is 0.262 e. The largest absolute Gasteiger partial charge is 0.356 e. The van der Waals surface area contributed by atoms with Gasteiger partial charge >= 0.3 is 0 Å². The topological polar surface area (TPSA) is 81.1 Å². The lowest BCUT2D eigenvalue weighted by atomic mass is 10.1. The van der Waals surface area contributed by atoms with Crippen molar-refractivity contribution in [1.29, 1.82) is 0 Å². The lowest BCUT2D eigenvalue weighted by Crippen LogP contribution is -2.24. The predicted octanol–water partition coefficient (Wildman–Crippen LogP) is 4.47. The quantitative estimate of drug-likeness (QED) is 0.212. The van der Waals surface area contributed by atoms with E-state index in [-0.39, 0.29) is 23.0 Å². The Morgan fingerprint density at radius 1 is 1.06 bits per heavy atom. The normalized spacial score (nSPS) is 11.0. The number of thiophene rings is 1. The molecular weight excluding hydrogens is 466 g/mol. The molecule has 34 heavy (non-hydrogen) atoms. The van der Waals surface area contributed by atoms with Crippen LogP contribution in [-0.2, 0) is 17.8 Å². The van der Waals surface area contributed by atoms with Gasteiger partial charge in [-0.2, -0.15) is 0 Å². The number of amides is 1. The molecule has 0 saturated heterocycles. The van der Waals surface area contributed by atoms with Crippen molar-refractivity contribution in [2.45, 2.75) is 32.0 Å². The minimum Gasteiger partial charge on any atom is -0.356 e. The third-order valence-corrected chi connectivity index (χ3v) is 7.46. The molecule has 0 bridgehead atoms. The molecule has 1 N–H and O–H groups in total. The molecule has 2 aromatic carbocycles. The number of Topliss-reactive ketones (excluding diaryl/α,β-unsaturated/α-hetero) is 1. The molecule has 0 unspecified atom stereocenters. The average molecular weight is 492 g/mol. The zero-order valence-electron chi connectivity index (χ0n) is 19.0. The van der Waals surface area contributed by atoms with Gasteiger partial charge in [0.25, 0.3) is 5.56 Å². The molecule has 0 saturated carbocycles. The van der Waals surface area contributed by atoms with Gasteiger partial charge in [0.05, 0.1) is 28.1 Å². The first-order valence-electron chi connectivity index (χ1n) is 10.9. The van der Waals surface area contributed by atoms with Gasteiger partial charge in [-0.1, -0.05) is 53.7 Å². The third kappa shape index (κ3) is 5.81. The highest BCUT2D eigenvalue weighted by atomic mass is 32.2. The zero-order chi connectivity index (χ0) is 24.1. The molecule has 0 aliphatic carbocycles. The number of carbonyl (C=O) groups excluding carboxylic acids is 2. The maximum Gasteiger partial charge on any atom is 0.262 e. The second-order valence-corrected chi connectivity index (χ2v) is 10.1. The van der Waals surface area contributed by atoms with E-state index in [4.69, 9.17) is 4.98 Å². The third-order valence-electron chi connectivity index (χ3n) is 5.30. The van der Waals surface area contributed by atoms with Crippen LogP contribution in [0.25, 0.3) is 10.9 Å². The van der Waals surface area contributed by atoms with E-state index in [1.807, 2.05) is 61.5 Å². The summed E-state index contributed by atoms with van der Waals surface area (Å²) in [5.74, 6) is 0.110. The summed E-state index contributed by atoms with van der Waals surface area (Å²) in [6.45, 7) is 4.44. The standard InChI is InChI=1S/C26H25N3O3S2/c1-17-7-9-19(10-8-17)15-29-25(32)21-5-3-4-6-22(21)28-26(29)33-16-23(31)24-12-11-20(34-24)13-14-27-18(2)30/h3-12H,13-16H2,1-2H3,(H,27,30). The van der Waals surface area contributed by atoms with Crippen molar-refractivity contribution in [3.63, 3.8) is 0 Å². The number of nitrogens with zero attached hydrogens (tertiary/aromatic N) is 2. The Bertz CT molecular complexity index is 1390. The maximum absolute atomic E-state index is 13.3. The number of aryl methyl sites for hydroxylation is 1. The Hall–Kier alpha value is -3.23. The molecule has 0 radical (unpaired) electrons. The molecule has 0 atom stereocenters. The predicted molar refractivity (Wildman–Crippen MR) is 138 cm³/mol. The highest BCUT2D eigenvalue weighted by Gasteiger charge is 2.16. The van der Waals surface area contributed by atoms with Gasteiger partial charge in [-0.05, 0) is 43.2 Å². The first kappa shape index (κ1) is 23.9. The molecule has 6 nitrogen and oxygen atoms in total. The number of nitrogens with one attached hydrogen (secondary N) is 1. The molecule has 2 aromatic heterocycles. The van der Waals surface area contributed by atoms with Crippen molar-refractivity contribution in [3.05, 3.63) is 91.9 Å². The van der Waals surface area contributed by atoms with Gasteiger partial charge in [0.2, 0.25) is 5.91 Å². The van der Waals surface area contributed by atoms with Gasteiger partial charge in [0, 0.05) is 18.3 Å². The van der Waals surface area contributed by atoms with Gasteiger partial charge < -0.3 is 5.32 Å². The maximum atomic E-state index is 13.3. The highest BCUT2D eigenvalue weighted by Crippen LogP contribution is 2.23. The van der Waals surface area contributed by atoms with Crippen molar-refractivity contribution < 1.29 is 9.59 Å². The van der Waals surface area contributed by atoms with Crippen LogP contribution in [0.1, 0.15) is 32.6 Å². The van der Waals surface area contributed by atoms with Crippen molar-refractivity contribution in [2.75, 3.05) is 12.3 Å². The number of aromatic nitrogens is 2. The molecule has 2 heterocycles. The first-order chi connectivity index (χ1) is 16.4. The summed E-state index contributed by atoms with van der Waals surface area (Å²) in [4.78, 5) is 43.6. The Morgan fingerprint density at radius 3 is 2.59 bits per heavy atom. The number of para-hydroxylation sites is 1. The molecule has 1 amide bonds. The fourth-order valence-corrected chi connectivity index (χ4v) is 5.42. The average Bonchev–Trinajstić information content (AvgIpc) is 3.30. The number of fused-ring (bicyclic) bond motifs is 1. The fraction of sp³-hybridized carbons (Fsp3) is 0.231. The molecule has 4 rings (SSSR count). The van der Waals surface area contributed by atoms with E-state index < -0.39 is 0 Å². The van der Waals surface area contributed by atoms with Crippen LogP contribution in [0.3, 0.4) is 0 Å². The van der Waals surface area contributed by atoms with Crippen LogP contribution in [0.2, 0.25) is 0 Å². The molecule has 174 valence electrons. The second kappa shape index (κ2) is 10.8. The minimum atomic E-state index is -0.113. The van der Waals surface area contributed by atoms with E-state index in [9.17, 15) is 14.4 Å². The van der Waals surface area contributed by atoms with E-state index in [0.717, 1.165) is 16.0 Å². The molecule has 0 spiro atoms. The van der Waals surface area contributed by atoms with Crippen LogP contribution in [0, 0.1) is 6.92 Å². The van der Waals surface area contributed by atoms with E-state index in [1.54, 1.807) is 10.6 Å². The van der Waals surface area contributed by atoms with Crippen LogP contribution in [0.4, 0.5) is 0 Å². The molecule has 4 aromatic rings. The van der Waals surface area contributed by atoms with Crippen molar-refractivity contribution in [3.8, 4) is 0 Å². The summed E-state index contributed by atoms with van der Waals surface area (Å²) in [6.07, 6.45) is 0.687. The minimum absolute atomic E-state index is 0.00919. The van der Waals surface area contributed by atoms with Gasteiger partial charge in [0.15, 0.2) is 10.9 Å². The summed E-state index contributed by atoms with van der Waals surface area (Å²) in [7, 11) is 0. The van der Waals surface area contributed by atoms with Crippen LogP contribution >= 0.6 is 23.1 Å². The monoisotopic (exact) mass is 491 g/mol. The van der Waals surface area contributed by atoms with Crippen LogP contribution in [0.15, 0.2) is 70.6 Å². The van der Waals surface area contributed by atoms with Gasteiger partial charge in [-0.25, -0.2) is 4.98 Å². The summed E-state index contributed by atoms with van der Waals surface area (Å²) >= 11 is 2.72. The lowest BCUT2D eigenvalue weighted by molar-refractivity contribution is -0.118. The van der Waals surface area contributed by atoms with Crippen molar-refractivity contribution >= 4 is 45.7 Å². The number of carbonyl (C=O) groups is 2. The van der Waals surface area contributed by atoms with Gasteiger partial charge in [-0.3, -0.25) is 19.0 Å². The van der Waals surface area contributed by atoms with Crippen LogP contribution < -0.4 is 10.9 Å². The van der Waals surface area contributed by atoms with Crippen LogP contribution in [0.5, 0.6) is 0 Å². The Kier molecular flexibility index (Phi) is 7.59. The fourth-order valence-electron chi connectivity index (χ4n) is 3.50. The highest BCUT2D eigenvalue weighted by molar-refractivity contribution is 7.99. The molecule has 0 aliphatic heterocycles. The Balaban J connectivity index is 1.54. The van der Waals surface area contributed by atoms with E-state index >= 15 is 0 Å². The first-order valence-corrected chi connectivity index (χ1v) is 12.7. The summed E-state index contributed by atoms with van der Waals surface area (Å²) in [6, 6.07) is 19.1. The zero-order valence-corrected chi connectivity index (χ0v) is 20.7. The van der Waals surface area contributed by atoms with E-state index in [1.165, 1.54) is 30.0 Å². The lowest BCUT2D eigenvalue weighted by Gasteiger charge is -2.13. The number of rotatable bonds is 9.